The molecule has 1 aliphatic rings. The van der Waals surface area contributed by atoms with Crippen LogP contribution in [0.25, 0.3) is 0 Å². The van der Waals surface area contributed by atoms with Crippen LogP contribution in [0.15, 0.2) is 0 Å². The Morgan fingerprint density at radius 2 is 2.43 bits per heavy atom. The van der Waals surface area contributed by atoms with Crippen LogP contribution in [0.2, 0.25) is 0 Å². The lowest BCUT2D eigenvalue weighted by Gasteiger charge is -2.14. The van der Waals surface area contributed by atoms with E-state index in [1.807, 2.05) is 4.90 Å². The zero-order valence-electron chi connectivity index (χ0n) is 4.43. The first-order chi connectivity index (χ1) is 3.29. The van der Waals surface area contributed by atoms with E-state index in [2.05, 4.69) is 7.05 Å². The Hall–Kier alpha value is -0.0800. The van der Waals surface area contributed by atoms with Gasteiger partial charge in [0.05, 0.1) is 0 Å². The van der Waals surface area contributed by atoms with Gasteiger partial charge in [-0.25, -0.2) is 0 Å². The highest BCUT2D eigenvalue weighted by molar-refractivity contribution is 4.76. The minimum atomic E-state index is 0.387. The van der Waals surface area contributed by atoms with Crippen molar-refractivity contribution in [3.05, 3.63) is 7.05 Å². The van der Waals surface area contributed by atoms with E-state index < -0.39 is 0 Å². The Kier molecular flexibility index (Phi) is 1.30. The largest absolute Gasteiger partial charge is 0.458 e. The number of rotatable bonds is 0. The second-order valence-electron chi connectivity index (χ2n) is 2.13. The summed E-state index contributed by atoms with van der Waals surface area (Å²) in [7, 11) is 3.74. The van der Waals surface area contributed by atoms with Crippen molar-refractivity contribution in [1.82, 2.24) is 4.90 Å². The molecule has 1 atom stereocenters. The smallest absolute Gasteiger partial charge is 0.0154 e. The second kappa shape index (κ2) is 1.80. The quantitative estimate of drug-likeness (QED) is 0.426. The minimum absolute atomic E-state index is 0.387. The summed E-state index contributed by atoms with van der Waals surface area (Å²) >= 11 is 0. The first-order valence-corrected chi connectivity index (χ1v) is 2.60. The van der Waals surface area contributed by atoms with Gasteiger partial charge in [0.1, 0.15) is 0 Å². The molecule has 1 aliphatic heterocycles. The standard InChI is InChI=1S/C5H11N2/c1-7-3-2-5(6)4-7/h5H,1-4,6H2/q-1/t5-/m0/s1. The molecule has 0 aromatic rings. The van der Waals surface area contributed by atoms with E-state index >= 15 is 0 Å². The lowest BCUT2D eigenvalue weighted by Crippen LogP contribution is -2.22. The Bertz CT molecular complexity index is 55.1. The zero-order valence-corrected chi connectivity index (χ0v) is 4.43. The number of hydrogen-bond acceptors (Lipinski definition) is 2. The number of nitrogens with zero attached hydrogens (tertiary/aromatic N) is 1. The Morgan fingerprint density at radius 1 is 1.71 bits per heavy atom. The van der Waals surface area contributed by atoms with E-state index in [9.17, 15) is 0 Å². The van der Waals surface area contributed by atoms with Gasteiger partial charge in [-0.05, 0) is 19.5 Å². The lowest BCUT2D eigenvalue weighted by molar-refractivity contribution is 0.454. The fourth-order valence-electron chi connectivity index (χ4n) is 0.863. The summed E-state index contributed by atoms with van der Waals surface area (Å²) in [5.41, 5.74) is 5.54. The summed E-state index contributed by atoms with van der Waals surface area (Å²) in [4.78, 5) is 2.00. The molecule has 0 bridgehead atoms. The molecular formula is C5H11N2-. The molecule has 2 N–H and O–H groups in total. The van der Waals surface area contributed by atoms with Crippen molar-refractivity contribution in [2.45, 2.75) is 12.5 Å². The van der Waals surface area contributed by atoms with Gasteiger partial charge in [0.25, 0.3) is 0 Å². The van der Waals surface area contributed by atoms with Gasteiger partial charge in [-0.15, -0.1) is 0 Å². The fraction of sp³-hybridized carbons (Fsp3) is 0.800. The normalized spacial score (nSPS) is 34.3. The highest BCUT2D eigenvalue weighted by Gasteiger charge is 2.09. The van der Waals surface area contributed by atoms with E-state index in [0.29, 0.717) is 6.04 Å². The van der Waals surface area contributed by atoms with Gasteiger partial charge >= 0.3 is 0 Å². The maximum absolute atomic E-state index is 5.54. The third-order valence-electron chi connectivity index (χ3n) is 1.31. The van der Waals surface area contributed by atoms with Gasteiger partial charge in [0.15, 0.2) is 0 Å². The second-order valence-corrected chi connectivity index (χ2v) is 2.13. The molecule has 2 heteroatoms. The first kappa shape index (κ1) is 5.06. The highest BCUT2D eigenvalue weighted by Crippen LogP contribution is 2.02. The molecule has 0 radical (unpaired) electrons. The van der Waals surface area contributed by atoms with Crippen molar-refractivity contribution in [1.29, 1.82) is 0 Å². The van der Waals surface area contributed by atoms with Gasteiger partial charge in [-0.2, -0.15) is 0 Å². The maximum atomic E-state index is 5.54. The summed E-state index contributed by atoms with van der Waals surface area (Å²) in [5, 5.41) is 0. The van der Waals surface area contributed by atoms with Crippen molar-refractivity contribution in [2.75, 3.05) is 13.1 Å². The van der Waals surface area contributed by atoms with E-state index in [-0.39, 0.29) is 0 Å². The van der Waals surface area contributed by atoms with Gasteiger partial charge in [-0.3, -0.25) is 7.05 Å². The van der Waals surface area contributed by atoms with E-state index in [1.54, 1.807) is 0 Å². The van der Waals surface area contributed by atoms with Gasteiger partial charge in [-0.1, -0.05) is 0 Å². The van der Waals surface area contributed by atoms with Crippen LogP contribution in [0.4, 0.5) is 0 Å². The molecule has 0 aromatic heterocycles. The van der Waals surface area contributed by atoms with Crippen molar-refractivity contribution in [3.8, 4) is 0 Å². The molecule has 42 valence electrons. The van der Waals surface area contributed by atoms with Crippen LogP contribution in [0.1, 0.15) is 6.42 Å². The van der Waals surface area contributed by atoms with Gasteiger partial charge < -0.3 is 10.6 Å². The fourth-order valence-corrected chi connectivity index (χ4v) is 0.863. The van der Waals surface area contributed by atoms with Crippen molar-refractivity contribution in [2.24, 2.45) is 5.73 Å². The Balaban J connectivity index is 2.26. The minimum Gasteiger partial charge on any atom is -0.458 e. The molecule has 0 unspecified atom stereocenters. The first-order valence-electron chi connectivity index (χ1n) is 2.60. The van der Waals surface area contributed by atoms with Crippen LogP contribution >= 0.6 is 0 Å². The predicted molar refractivity (Wildman–Crippen MR) is 29.5 cm³/mol. The van der Waals surface area contributed by atoms with Crippen LogP contribution < -0.4 is 5.73 Å². The predicted octanol–water partition coefficient (Wildman–Crippen LogP) is -0.189. The third kappa shape index (κ3) is 1.14. The van der Waals surface area contributed by atoms with Crippen LogP contribution in [-0.2, 0) is 0 Å². The molecule has 1 saturated heterocycles. The molecule has 0 saturated carbocycles. The summed E-state index contributed by atoms with van der Waals surface area (Å²) < 4.78 is 0. The average molecular weight is 99.2 g/mol. The summed E-state index contributed by atoms with van der Waals surface area (Å²) in [6.07, 6.45) is 1.11. The van der Waals surface area contributed by atoms with Crippen LogP contribution in [0, 0.1) is 7.05 Å². The van der Waals surface area contributed by atoms with Crippen LogP contribution in [0.3, 0.4) is 0 Å². The SMILES string of the molecule is [CH2-]N1CC[C@H](N)C1. The van der Waals surface area contributed by atoms with E-state index in [4.69, 9.17) is 5.73 Å². The molecule has 1 rings (SSSR count). The number of hydrogen-bond donors (Lipinski definition) is 1. The van der Waals surface area contributed by atoms with Crippen molar-refractivity contribution in [3.63, 3.8) is 0 Å². The van der Waals surface area contributed by atoms with E-state index in [1.165, 1.54) is 0 Å². The average Bonchev–Trinajstić information content (AvgIpc) is 1.87. The lowest BCUT2D eigenvalue weighted by atomic mass is 10.3. The zero-order chi connectivity index (χ0) is 5.28. The van der Waals surface area contributed by atoms with Crippen molar-refractivity contribution < 1.29 is 0 Å². The van der Waals surface area contributed by atoms with Gasteiger partial charge in [0, 0.05) is 6.04 Å². The number of likely N-dealkylation sites (tertiary alicyclic amines) is 1. The molecule has 0 spiro atoms. The Labute approximate surface area is 44.3 Å². The monoisotopic (exact) mass is 99.1 g/mol. The van der Waals surface area contributed by atoms with Crippen LogP contribution in [0.5, 0.6) is 0 Å². The van der Waals surface area contributed by atoms with Crippen LogP contribution in [-0.4, -0.2) is 24.0 Å². The summed E-state index contributed by atoms with van der Waals surface area (Å²) in [6.45, 7) is 2.04. The summed E-state index contributed by atoms with van der Waals surface area (Å²) in [5.74, 6) is 0. The molecule has 2 nitrogen and oxygen atoms in total. The van der Waals surface area contributed by atoms with E-state index in [0.717, 1.165) is 19.5 Å². The number of nitrogens with two attached hydrogens (primary N) is 1. The molecule has 0 aliphatic carbocycles. The molecular weight excluding hydrogens is 88.1 g/mol. The summed E-state index contributed by atoms with van der Waals surface area (Å²) in [6, 6.07) is 0.387. The molecule has 0 amide bonds. The Morgan fingerprint density at radius 3 is 2.57 bits per heavy atom. The molecule has 1 fully saturated rings. The molecule has 0 aromatic carbocycles. The third-order valence-corrected chi connectivity index (χ3v) is 1.31. The molecule has 7 heavy (non-hydrogen) atoms. The molecule has 1 heterocycles. The maximum Gasteiger partial charge on any atom is 0.0154 e. The van der Waals surface area contributed by atoms with Crippen molar-refractivity contribution >= 4 is 0 Å². The highest BCUT2D eigenvalue weighted by atomic mass is 15.1. The topological polar surface area (TPSA) is 29.3 Å². The van der Waals surface area contributed by atoms with Gasteiger partial charge in [0.2, 0.25) is 0 Å².